The average Bonchev–Trinajstić information content (AvgIpc) is 2.12. The molecule has 0 unspecified atom stereocenters. The SMILES string of the molecule is N#CC=C1CN([C@H]2CCNC[C@H]2F)C1. The molecule has 0 bridgehead atoms. The van der Waals surface area contributed by atoms with Crippen molar-refractivity contribution >= 4 is 0 Å². The molecule has 2 aliphatic rings. The van der Waals surface area contributed by atoms with Gasteiger partial charge in [0.25, 0.3) is 0 Å². The molecule has 0 aromatic heterocycles. The van der Waals surface area contributed by atoms with Crippen LogP contribution in [0.4, 0.5) is 4.39 Å². The first kappa shape index (κ1) is 9.63. The summed E-state index contributed by atoms with van der Waals surface area (Å²) in [6.07, 6.45) is 1.69. The Morgan fingerprint density at radius 3 is 3.00 bits per heavy atom. The molecular weight excluding hydrogens is 181 g/mol. The summed E-state index contributed by atoms with van der Waals surface area (Å²) < 4.78 is 13.4. The lowest BCUT2D eigenvalue weighted by molar-refractivity contribution is 0.0709. The predicted molar refractivity (Wildman–Crippen MR) is 51.4 cm³/mol. The molecule has 2 aliphatic heterocycles. The maximum absolute atomic E-state index is 13.4. The zero-order chi connectivity index (χ0) is 9.97. The number of halogens is 1. The van der Waals surface area contributed by atoms with Gasteiger partial charge in [0, 0.05) is 31.8 Å². The number of allylic oxidation sites excluding steroid dienone is 1. The Morgan fingerprint density at radius 1 is 1.57 bits per heavy atom. The van der Waals surface area contributed by atoms with Crippen molar-refractivity contribution in [3.05, 3.63) is 11.6 Å². The number of hydrogen-bond acceptors (Lipinski definition) is 3. The quantitative estimate of drug-likeness (QED) is 0.617. The Balaban J connectivity index is 1.86. The number of alkyl halides is 1. The van der Waals surface area contributed by atoms with Gasteiger partial charge in [0.1, 0.15) is 6.17 Å². The lowest BCUT2D eigenvalue weighted by Crippen LogP contribution is -2.56. The van der Waals surface area contributed by atoms with E-state index in [0.717, 1.165) is 31.6 Å². The van der Waals surface area contributed by atoms with Crippen molar-refractivity contribution in [3.63, 3.8) is 0 Å². The monoisotopic (exact) mass is 195 g/mol. The number of hydrogen-bond donors (Lipinski definition) is 1. The van der Waals surface area contributed by atoms with Crippen LogP contribution in [0.2, 0.25) is 0 Å². The van der Waals surface area contributed by atoms with Gasteiger partial charge in [-0.3, -0.25) is 4.90 Å². The molecule has 14 heavy (non-hydrogen) atoms. The van der Waals surface area contributed by atoms with Crippen molar-refractivity contribution in [1.82, 2.24) is 10.2 Å². The van der Waals surface area contributed by atoms with E-state index in [2.05, 4.69) is 10.2 Å². The fourth-order valence-corrected chi connectivity index (χ4v) is 2.11. The molecule has 0 radical (unpaired) electrons. The summed E-state index contributed by atoms with van der Waals surface area (Å²) in [5, 5.41) is 11.5. The number of nitrogens with one attached hydrogen (secondary N) is 1. The highest BCUT2D eigenvalue weighted by Gasteiger charge is 2.34. The first-order valence-electron chi connectivity index (χ1n) is 4.97. The van der Waals surface area contributed by atoms with Crippen molar-refractivity contribution in [1.29, 1.82) is 5.26 Å². The molecule has 0 amide bonds. The summed E-state index contributed by atoms with van der Waals surface area (Å²) in [6, 6.07) is 2.07. The highest BCUT2D eigenvalue weighted by molar-refractivity contribution is 5.23. The lowest BCUT2D eigenvalue weighted by Gasteiger charge is -2.43. The van der Waals surface area contributed by atoms with E-state index in [0.29, 0.717) is 6.54 Å². The van der Waals surface area contributed by atoms with Crippen LogP contribution in [0, 0.1) is 11.3 Å². The van der Waals surface area contributed by atoms with Crippen LogP contribution in [0.3, 0.4) is 0 Å². The van der Waals surface area contributed by atoms with Gasteiger partial charge >= 0.3 is 0 Å². The Labute approximate surface area is 83.2 Å². The van der Waals surface area contributed by atoms with Crippen LogP contribution in [-0.4, -0.2) is 43.3 Å². The minimum Gasteiger partial charge on any atom is -0.314 e. The summed E-state index contributed by atoms with van der Waals surface area (Å²) in [4.78, 5) is 2.12. The fraction of sp³-hybridized carbons (Fsp3) is 0.700. The number of piperidine rings is 1. The van der Waals surface area contributed by atoms with E-state index in [1.54, 1.807) is 6.08 Å². The van der Waals surface area contributed by atoms with Crippen LogP contribution < -0.4 is 5.32 Å². The zero-order valence-corrected chi connectivity index (χ0v) is 8.04. The van der Waals surface area contributed by atoms with Crippen molar-refractivity contribution in [3.8, 4) is 6.07 Å². The van der Waals surface area contributed by atoms with Crippen LogP contribution in [0.1, 0.15) is 6.42 Å². The first-order valence-corrected chi connectivity index (χ1v) is 4.97. The van der Waals surface area contributed by atoms with Gasteiger partial charge in [-0.1, -0.05) is 0 Å². The number of nitrogens with zero attached hydrogens (tertiary/aromatic N) is 2. The largest absolute Gasteiger partial charge is 0.314 e. The molecule has 3 nitrogen and oxygen atoms in total. The Hall–Kier alpha value is -0.920. The van der Waals surface area contributed by atoms with E-state index in [9.17, 15) is 4.39 Å². The van der Waals surface area contributed by atoms with Crippen LogP contribution in [0.15, 0.2) is 11.6 Å². The second-order valence-electron chi connectivity index (χ2n) is 3.91. The molecule has 1 N–H and O–H groups in total. The van der Waals surface area contributed by atoms with Crippen molar-refractivity contribution < 1.29 is 4.39 Å². The topological polar surface area (TPSA) is 39.1 Å². The van der Waals surface area contributed by atoms with Gasteiger partial charge in [-0.25, -0.2) is 4.39 Å². The molecule has 2 heterocycles. The van der Waals surface area contributed by atoms with Gasteiger partial charge in [0.2, 0.25) is 0 Å². The number of nitriles is 1. The van der Waals surface area contributed by atoms with Crippen LogP contribution in [0.5, 0.6) is 0 Å². The van der Waals surface area contributed by atoms with E-state index >= 15 is 0 Å². The zero-order valence-electron chi connectivity index (χ0n) is 8.04. The van der Waals surface area contributed by atoms with E-state index in [4.69, 9.17) is 5.26 Å². The molecule has 0 aromatic rings. The van der Waals surface area contributed by atoms with Crippen molar-refractivity contribution in [2.24, 2.45) is 0 Å². The Kier molecular flexibility index (Phi) is 2.80. The molecule has 2 saturated heterocycles. The summed E-state index contributed by atoms with van der Waals surface area (Å²) >= 11 is 0. The molecule has 0 spiro atoms. The molecular formula is C10H14FN3. The normalized spacial score (nSPS) is 33.3. The van der Waals surface area contributed by atoms with Crippen molar-refractivity contribution in [2.75, 3.05) is 26.2 Å². The molecule has 2 rings (SSSR count). The standard InChI is InChI=1S/C10H14FN3/c11-9-5-13-4-2-10(9)14-6-8(7-14)1-3-12/h1,9-10,13H,2,4-7H2/t9-,10+/m1/s1. The van der Waals surface area contributed by atoms with E-state index in [1.165, 1.54) is 0 Å². The third kappa shape index (κ3) is 1.79. The van der Waals surface area contributed by atoms with Gasteiger partial charge in [0.15, 0.2) is 0 Å². The summed E-state index contributed by atoms with van der Waals surface area (Å²) in [7, 11) is 0. The molecule has 4 heteroatoms. The summed E-state index contributed by atoms with van der Waals surface area (Å²) in [5.74, 6) is 0. The Bertz CT molecular complexity index is 274. The second kappa shape index (κ2) is 4.07. The van der Waals surface area contributed by atoms with Gasteiger partial charge in [-0.05, 0) is 18.5 Å². The average molecular weight is 195 g/mol. The number of likely N-dealkylation sites (tertiary alicyclic amines) is 1. The molecule has 0 aliphatic carbocycles. The molecule has 0 aromatic carbocycles. The highest BCUT2D eigenvalue weighted by Crippen LogP contribution is 2.23. The first-order chi connectivity index (χ1) is 6.81. The lowest BCUT2D eigenvalue weighted by atomic mass is 9.97. The summed E-state index contributed by atoms with van der Waals surface area (Å²) in [6.45, 7) is 2.93. The van der Waals surface area contributed by atoms with Gasteiger partial charge in [-0.15, -0.1) is 0 Å². The minimum absolute atomic E-state index is 0.0621. The number of rotatable bonds is 1. The third-order valence-corrected chi connectivity index (χ3v) is 2.92. The summed E-state index contributed by atoms with van der Waals surface area (Å²) in [5.41, 5.74) is 1.12. The smallest absolute Gasteiger partial charge is 0.128 e. The molecule has 0 saturated carbocycles. The van der Waals surface area contributed by atoms with Gasteiger partial charge in [0.05, 0.1) is 6.07 Å². The molecule has 2 fully saturated rings. The van der Waals surface area contributed by atoms with E-state index in [1.807, 2.05) is 6.07 Å². The van der Waals surface area contributed by atoms with Crippen LogP contribution >= 0.6 is 0 Å². The maximum Gasteiger partial charge on any atom is 0.128 e. The van der Waals surface area contributed by atoms with E-state index in [-0.39, 0.29) is 6.04 Å². The third-order valence-electron chi connectivity index (χ3n) is 2.92. The molecule has 2 atom stereocenters. The Morgan fingerprint density at radius 2 is 2.36 bits per heavy atom. The highest BCUT2D eigenvalue weighted by atomic mass is 19.1. The fourth-order valence-electron chi connectivity index (χ4n) is 2.11. The van der Waals surface area contributed by atoms with E-state index < -0.39 is 6.17 Å². The maximum atomic E-state index is 13.4. The van der Waals surface area contributed by atoms with Gasteiger partial charge in [-0.2, -0.15) is 5.26 Å². The van der Waals surface area contributed by atoms with Crippen molar-refractivity contribution in [2.45, 2.75) is 18.6 Å². The predicted octanol–water partition coefficient (Wildman–Crippen LogP) is 0.452. The molecule has 76 valence electrons. The minimum atomic E-state index is -0.757. The van der Waals surface area contributed by atoms with Crippen LogP contribution in [0.25, 0.3) is 0 Å². The van der Waals surface area contributed by atoms with Crippen LogP contribution in [-0.2, 0) is 0 Å². The second-order valence-corrected chi connectivity index (χ2v) is 3.91. The van der Waals surface area contributed by atoms with Gasteiger partial charge < -0.3 is 5.32 Å².